The minimum atomic E-state index is -4.28. The molecular weight excluding hydrogens is 341 g/mol. The van der Waals surface area contributed by atoms with Gasteiger partial charge in [-0.25, -0.2) is 0 Å². The summed E-state index contributed by atoms with van der Waals surface area (Å²) < 4.78 is 37.8. The second-order valence-corrected chi connectivity index (χ2v) is 6.81. The van der Waals surface area contributed by atoms with Gasteiger partial charge in [0.05, 0.1) is 5.56 Å². The summed E-state index contributed by atoms with van der Waals surface area (Å²) in [5, 5.41) is 2.75. The third-order valence-corrected chi connectivity index (χ3v) is 4.77. The van der Waals surface area contributed by atoms with Gasteiger partial charge >= 0.3 is 6.18 Å². The lowest BCUT2D eigenvalue weighted by atomic mass is 9.90. The van der Waals surface area contributed by atoms with Crippen LogP contribution in [0.5, 0.6) is 0 Å². The molecule has 1 saturated heterocycles. The summed E-state index contributed by atoms with van der Waals surface area (Å²) in [5.41, 5.74) is 0.363. The molecule has 144 valence electrons. The smallest absolute Gasteiger partial charge is 0.333 e. The van der Waals surface area contributed by atoms with E-state index in [2.05, 4.69) is 10.2 Å². The van der Waals surface area contributed by atoms with E-state index < -0.39 is 11.7 Å². The van der Waals surface area contributed by atoms with Gasteiger partial charge in [-0.15, -0.1) is 0 Å². The van der Waals surface area contributed by atoms with Crippen molar-refractivity contribution in [2.75, 3.05) is 19.6 Å². The van der Waals surface area contributed by atoms with Crippen LogP contribution in [0.2, 0.25) is 0 Å². The van der Waals surface area contributed by atoms with Gasteiger partial charge in [-0.3, -0.25) is 4.79 Å². The van der Waals surface area contributed by atoms with Crippen molar-refractivity contribution in [2.24, 2.45) is 5.92 Å². The molecule has 3 nitrogen and oxygen atoms in total. The number of carbonyl (C=O) groups is 1. The van der Waals surface area contributed by atoms with E-state index in [4.69, 9.17) is 0 Å². The second kappa shape index (κ2) is 9.76. The van der Waals surface area contributed by atoms with Crippen LogP contribution >= 0.6 is 0 Å². The number of rotatable bonds is 7. The minimum absolute atomic E-state index is 0.0292. The molecule has 0 aromatic heterocycles. The number of benzene rings is 1. The zero-order chi connectivity index (χ0) is 19.0. The Hall–Kier alpha value is -1.82. The number of alkyl halides is 3. The Morgan fingerprint density at radius 3 is 2.46 bits per heavy atom. The predicted octanol–water partition coefficient (Wildman–Crippen LogP) is 4.39. The summed E-state index contributed by atoms with van der Waals surface area (Å²) in [6.45, 7) is 4.63. The molecule has 0 saturated carbocycles. The maximum atomic E-state index is 12.6. The zero-order valence-corrected chi connectivity index (χ0v) is 15.2. The van der Waals surface area contributed by atoms with Crippen molar-refractivity contribution in [1.29, 1.82) is 0 Å². The Labute approximate surface area is 153 Å². The Kier molecular flexibility index (Phi) is 7.69. The van der Waals surface area contributed by atoms with E-state index in [1.165, 1.54) is 0 Å². The van der Waals surface area contributed by atoms with Gasteiger partial charge < -0.3 is 10.2 Å². The molecule has 1 aliphatic heterocycles. The van der Waals surface area contributed by atoms with E-state index in [0.717, 1.165) is 63.0 Å². The number of allylic oxidation sites excluding steroid dienone is 1. The van der Waals surface area contributed by atoms with Gasteiger partial charge in [0.25, 0.3) is 0 Å². The first-order chi connectivity index (χ1) is 12.4. The number of amides is 1. The molecule has 0 bridgehead atoms. The third kappa shape index (κ3) is 6.83. The van der Waals surface area contributed by atoms with Crippen LogP contribution < -0.4 is 5.32 Å². The molecule has 1 aromatic rings. The maximum Gasteiger partial charge on any atom is 0.416 e. The summed E-state index contributed by atoms with van der Waals surface area (Å²) in [5.74, 6) is 0.519. The molecule has 1 amide bonds. The maximum absolute atomic E-state index is 12.6. The number of nitrogens with one attached hydrogen (secondary N) is 1. The average Bonchev–Trinajstić information content (AvgIpc) is 2.61. The van der Waals surface area contributed by atoms with Gasteiger partial charge in [0.2, 0.25) is 5.91 Å². The molecule has 2 rings (SSSR count). The molecule has 26 heavy (non-hydrogen) atoms. The number of piperidine rings is 1. The Morgan fingerprint density at radius 2 is 1.88 bits per heavy atom. The largest absolute Gasteiger partial charge is 0.416 e. The van der Waals surface area contributed by atoms with Crippen LogP contribution in [-0.4, -0.2) is 30.4 Å². The van der Waals surface area contributed by atoms with Crippen LogP contribution in [0.15, 0.2) is 36.5 Å². The Bertz CT molecular complexity index is 588. The van der Waals surface area contributed by atoms with Gasteiger partial charge in [-0.1, -0.05) is 25.1 Å². The van der Waals surface area contributed by atoms with E-state index in [-0.39, 0.29) is 5.91 Å². The molecule has 0 unspecified atom stereocenters. The van der Waals surface area contributed by atoms with E-state index in [0.29, 0.717) is 12.3 Å². The van der Waals surface area contributed by atoms with Gasteiger partial charge in [0.15, 0.2) is 0 Å². The Morgan fingerprint density at radius 1 is 1.23 bits per heavy atom. The number of halogens is 3. The van der Waals surface area contributed by atoms with Crippen LogP contribution in [0, 0.1) is 5.92 Å². The van der Waals surface area contributed by atoms with Gasteiger partial charge in [0.1, 0.15) is 0 Å². The molecule has 0 aliphatic carbocycles. The fourth-order valence-corrected chi connectivity index (χ4v) is 3.18. The highest BCUT2D eigenvalue weighted by Crippen LogP contribution is 2.30. The van der Waals surface area contributed by atoms with Crippen molar-refractivity contribution in [3.05, 3.63) is 47.7 Å². The summed E-state index contributed by atoms with van der Waals surface area (Å²) in [7, 11) is 0. The number of carbonyl (C=O) groups excluding carboxylic acids is 1. The van der Waals surface area contributed by atoms with Crippen LogP contribution in [0.3, 0.4) is 0 Å². The standard InChI is InChI=1S/C20H27F3N2O/c1-2-3-11-24-19(26)10-14-25-12-8-17(9-13-25)15-16-4-6-18(7-5-16)20(21,22)23/h3-7,11,17H,2,8-10,12-15H2,1H3,(H,24,26)/b11-3+. The van der Waals surface area contributed by atoms with Gasteiger partial charge in [0, 0.05) is 13.0 Å². The first-order valence-corrected chi connectivity index (χ1v) is 9.21. The highest BCUT2D eigenvalue weighted by atomic mass is 19.4. The second-order valence-electron chi connectivity index (χ2n) is 6.81. The van der Waals surface area contributed by atoms with E-state index in [1.807, 2.05) is 13.0 Å². The molecule has 1 aliphatic rings. The fraction of sp³-hybridized carbons (Fsp3) is 0.550. The average molecular weight is 368 g/mol. The van der Waals surface area contributed by atoms with Crippen LogP contribution in [0.25, 0.3) is 0 Å². The van der Waals surface area contributed by atoms with Crippen molar-refractivity contribution in [3.63, 3.8) is 0 Å². The highest BCUT2D eigenvalue weighted by Gasteiger charge is 2.30. The van der Waals surface area contributed by atoms with Crippen LogP contribution in [-0.2, 0) is 17.4 Å². The van der Waals surface area contributed by atoms with Crippen molar-refractivity contribution >= 4 is 5.91 Å². The molecule has 1 fully saturated rings. The topological polar surface area (TPSA) is 32.3 Å². The number of nitrogens with zero attached hydrogens (tertiary/aromatic N) is 1. The molecule has 0 radical (unpaired) electrons. The van der Waals surface area contributed by atoms with Crippen molar-refractivity contribution < 1.29 is 18.0 Å². The van der Waals surface area contributed by atoms with Crippen LogP contribution in [0.1, 0.15) is 43.7 Å². The third-order valence-electron chi connectivity index (χ3n) is 4.77. The molecule has 0 spiro atoms. The van der Waals surface area contributed by atoms with Crippen molar-refractivity contribution in [2.45, 2.75) is 45.2 Å². The molecule has 1 aromatic carbocycles. The molecule has 1 heterocycles. The number of hydrogen-bond donors (Lipinski definition) is 1. The van der Waals surface area contributed by atoms with Gasteiger partial charge in [-0.05, 0) is 68.6 Å². The zero-order valence-electron chi connectivity index (χ0n) is 15.2. The quantitative estimate of drug-likeness (QED) is 0.774. The molecule has 0 atom stereocenters. The lowest BCUT2D eigenvalue weighted by molar-refractivity contribution is -0.137. The minimum Gasteiger partial charge on any atom is -0.333 e. The van der Waals surface area contributed by atoms with Crippen LogP contribution in [0.4, 0.5) is 13.2 Å². The normalized spacial score (nSPS) is 16.9. The predicted molar refractivity (Wildman–Crippen MR) is 96.5 cm³/mol. The summed E-state index contributed by atoms with van der Waals surface area (Å²) in [6, 6.07) is 5.50. The Balaban J connectivity index is 1.70. The number of likely N-dealkylation sites (tertiary alicyclic amines) is 1. The van der Waals surface area contributed by atoms with E-state index in [9.17, 15) is 18.0 Å². The van der Waals surface area contributed by atoms with Crippen molar-refractivity contribution in [3.8, 4) is 0 Å². The first-order valence-electron chi connectivity index (χ1n) is 9.21. The first kappa shape index (κ1) is 20.5. The monoisotopic (exact) mass is 368 g/mol. The lowest BCUT2D eigenvalue weighted by Gasteiger charge is -2.31. The molecule has 1 N–H and O–H groups in total. The summed E-state index contributed by atoms with van der Waals surface area (Å²) >= 11 is 0. The molecule has 6 heteroatoms. The van der Waals surface area contributed by atoms with E-state index >= 15 is 0 Å². The number of hydrogen-bond acceptors (Lipinski definition) is 2. The summed E-state index contributed by atoms with van der Waals surface area (Å²) in [4.78, 5) is 14.0. The molecular formula is C20H27F3N2O. The fourth-order valence-electron chi connectivity index (χ4n) is 3.18. The van der Waals surface area contributed by atoms with Gasteiger partial charge in [-0.2, -0.15) is 13.2 Å². The van der Waals surface area contributed by atoms with E-state index in [1.54, 1.807) is 18.3 Å². The van der Waals surface area contributed by atoms with Crippen molar-refractivity contribution in [1.82, 2.24) is 10.2 Å². The SMILES string of the molecule is CC/C=C/NC(=O)CCN1CCC(Cc2ccc(C(F)(F)F)cc2)CC1. The highest BCUT2D eigenvalue weighted by molar-refractivity contribution is 5.77. The summed E-state index contributed by atoms with van der Waals surface area (Å²) in [6.07, 6.45) is 3.54. The lowest BCUT2D eigenvalue weighted by Crippen LogP contribution is -2.36.